The van der Waals surface area contributed by atoms with Gasteiger partial charge in [-0.1, -0.05) is 6.07 Å². The Hall–Kier alpha value is -0.980. The molecule has 0 atom stereocenters. The van der Waals surface area contributed by atoms with Gasteiger partial charge in [0, 0.05) is 38.6 Å². The fraction of sp³-hybridized carbons (Fsp3) is 0.688. The lowest BCUT2D eigenvalue weighted by Crippen LogP contribution is -2.44. The topological polar surface area (TPSA) is 53.5 Å². The maximum atomic E-state index is 12.0. The molecule has 0 aliphatic carbocycles. The fourth-order valence-corrected chi connectivity index (χ4v) is 4.85. The lowest BCUT2D eigenvalue weighted by molar-refractivity contribution is 0.153. The summed E-state index contributed by atoms with van der Waals surface area (Å²) < 4.78 is 25.6. The van der Waals surface area contributed by atoms with Gasteiger partial charge in [0.2, 0.25) is 10.0 Å². The van der Waals surface area contributed by atoms with Crippen molar-refractivity contribution in [3.8, 4) is 0 Å². The highest BCUT2D eigenvalue weighted by Crippen LogP contribution is 2.41. The van der Waals surface area contributed by atoms with E-state index in [0.29, 0.717) is 18.5 Å². The van der Waals surface area contributed by atoms with Crippen LogP contribution in [0.2, 0.25) is 0 Å². The molecule has 5 nitrogen and oxygen atoms in total. The molecular weight excluding hydrogens is 298 g/mol. The summed E-state index contributed by atoms with van der Waals surface area (Å²) in [7, 11) is -3.02. The molecule has 122 valence electrons. The van der Waals surface area contributed by atoms with Crippen LogP contribution in [0.25, 0.3) is 0 Å². The molecule has 0 unspecified atom stereocenters. The minimum atomic E-state index is -3.02. The third kappa shape index (κ3) is 3.34. The molecule has 0 saturated carbocycles. The first-order chi connectivity index (χ1) is 10.5. The molecule has 2 aliphatic heterocycles. The van der Waals surface area contributed by atoms with Crippen LogP contribution < -0.4 is 0 Å². The van der Waals surface area contributed by atoms with Crippen LogP contribution in [0.3, 0.4) is 0 Å². The first kappa shape index (κ1) is 15.9. The van der Waals surface area contributed by atoms with Crippen LogP contribution in [0.4, 0.5) is 0 Å². The Morgan fingerprint density at radius 1 is 1.23 bits per heavy atom. The van der Waals surface area contributed by atoms with Gasteiger partial charge in [-0.25, -0.2) is 12.7 Å². The van der Waals surface area contributed by atoms with E-state index in [1.165, 1.54) is 12.0 Å². The summed E-state index contributed by atoms with van der Waals surface area (Å²) in [4.78, 5) is 6.66. The number of aromatic nitrogens is 1. The van der Waals surface area contributed by atoms with Gasteiger partial charge in [0.15, 0.2) is 0 Å². The lowest BCUT2D eigenvalue weighted by atomic mass is 9.78. The van der Waals surface area contributed by atoms with Crippen molar-refractivity contribution >= 4 is 10.0 Å². The number of hydrogen-bond acceptors (Lipinski definition) is 4. The van der Waals surface area contributed by atoms with Crippen LogP contribution in [0.1, 0.15) is 31.7 Å². The van der Waals surface area contributed by atoms with Gasteiger partial charge in [-0.15, -0.1) is 0 Å². The summed E-state index contributed by atoms with van der Waals surface area (Å²) >= 11 is 0. The number of rotatable bonds is 4. The van der Waals surface area contributed by atoms with E-state index in [-0.39, 0.29) is 5.75 Å². The Bertz CT molecular complexity index is 595. The summed E-state index contributed by atoms with van der Waals surface area (Å²) in [6.45, 7) is 6.25. The van der Waals surface area contributed by atoms with Gasteiger partial charge >= 0.3 is 0 Å². The summed E-state index contributed by atoms with van der Waals surface area (Å²) in [6, 6.07) is 4.10. The number of pyridine rings is 1. The van der Waals surface area contributed by atoms with E-state index in [1.54, 1.807) is 17.4 Å². The quantitative estimate of drug-likeness (QED) is 0.846. The van der Waals surface area contributed by atoms with E-state index in [9.17, 15) is 8.42 Å². The van der Waals surface area contributed by atoms with Crippen molar-refractivity contribution in [2.75, 3.05) is 31.9 Å². The maximum Gasteiger partial charge on any atom is 0.213 e. The fourth-order valence-electron chi connectivity index (χ4n) is 3.74. The van der Waals surface area contributed by atoms with Gasteiger partial charge in [0.25, 0.3) is 0 Å². The standard InChI is InChI=1S/C16H25N3O2S/c1-2-22(20,21)19-10-6-16(7-11-19)5-9-18(14-16)13-15-4-3-8-17-12-15/h3-4,8,12H,2,5-7,9-11,13-14H2,1H3. The third-order valence-electron chi connectivity index (χ3n) is 5.19. The molecule has 6 heteroatoms. The number of nitrogens with zero attached hydrogens (tertiary/aromatic N) is 3. The average molecular weight is 323 g/mol. The molecule has 3 heterocycles. The first-order valence-corrected chi connectivity index (χ1v) is 9.73. The third-order valence-corrected chi connectivity index (χ3v) is 7.07. The Morgan fingerprint density at radius 2 is 1.95 bits per heavy atom. The number of likely N-dealkylation sites (tertiary alicyclic amines) is 1. The minimum Gasteiger partial charge on any atom is -0.298 e. The second-order valence-corrected chi connectivity index (χ2v) is 8.88. The smallest absolute Gasteiger partial charge is 0.213 e. The van der Waals surface area contributed by atoms with Crippen LogP contribution in [0, 0.1) is 5.41 Å². The SMILES string of the molecule is CCS(=O)(=O)N1CCC2(CCN(Cc3cccnc3)C2)CC1. The molecule has 22 heavy (non-hydrogen) atoms. The predicted molar refractivity (Wildman–Crippen MR) is 86.8 cm³/mol. The molecule has 0 N–H and O–H groups in total. The zero-order valence-corrected chi connectivity index (χ0v) is 14.1. The highest BCUT2D eigenvalue weighted by Gasteiger charge is 2.42. The van der Waals surface area contributed by atoms with Gasteiger partial charge in [-0.05, 0) is 49.8 Å². The Morgan fingerprint density at radius 3 is 2.59 bits per heavy atom. The second kappa shape index (κ2) is 6.26. The maximum absolute atomic E-state index is 12.0. The van der Waals surface area contributed by atoms with Crippen molar-refractivity contribution in [2.24, 2.45) is 5.41 Å². The van der Waals surface area contributed by atoms with Crippen LogP contribution in [-0.2, 0) is 16.6 Å². The summed E-state index contributed by atoms with van der Waals surface area (Å²) in [5.74, 6) is 0.215. The van der Waals surface area contributed by atoms with Gasteiger partial charge in [0.05, 0.1) is 5.75 Å². The van der Waals surface area contributed by atoms with Crippen LogP contribution in [0.5, 0.6) is 0 Å². The van der Waals surface area contributed by atoms with Crippen LogP contribution in [-0.4, -0.2) is 54.5 Å². The van der Waals surface area contributed by atoms with Crippen molar-refractivity contribution in [2.45, 2.75) is 32.7 Å². The second-order valence-electron chi connectivity index (χ2n) is 6.62. The van der Waals surface area contributed by atoms with Gasteiger partial charge in [0.1, 0.15) is 0 Å². The largest absolute Gasteiger partial charge is 0.298 e. The highest BCUT2D eigenvalue weighted by molar-refractivity contribution is 7.89. The number of hydrogen-bond donors (Lipinski definition) is 0. The molecule has 1 aromatic rings. The molecule has 1 aromatic heterocycles. The van der Waals surface area contributed by atoms with Crippen molar-refractivity contribution in [3.63, 3.8) is 0 Å². The van der Waals surface area contributed by atoms with E-state index in [2.05, 4.69) is 16.0 Å². The number of sulfonamides is 1. The average Bonchev–Trinajstić information content (AvgIpc) is 2.91. The lowest BCUT2D eigenvalue weighted by Gasteiger charge is -2.38. The molecular formula is C16H25N3O2S. The molecule has 2 fully saturated rings. The molecule has 2 saturated heterocycles. The monoisotopic (exact) mass is 323 g/mol. The van der Waals surface area contributed by atoms with Crippen molar-refractivity contribution in [1.82, 2.24) is 14.2 Å². The molecule has 3 rings (SSSR count). The van der Waals surface area contributed by atoms with Crippen LogP contribution in [0.15, 0.2) is 24.5 Å². The Labute approximate surface area is 133 Å². The van der Waals surface area contributed by atoms with Crippen LogP contribution >= 0.6 is 0 Å². The van der Waals surface area contributed by atoms with Gasteiger partial charge < -0.3 is 0 Å². The molecule has 0 aromatic carbocycles. The minimum absolute atomic E-state index is 0.215. The zero-order chi connectivity index (χ0) is 15.6. The van der Waals surface area contributed by atoms with E-state index in [1.807, 2.05) is 12.3 Å². The molecule has 0 radical (unpaired) electrons. The Kier molecular flexibility index (Phi) is 4.52. The van der Waals surface area contributed by atoms with Gasteiger partial charge in [-0.2, -0.15) is 0 Å². The van der Waals surface area contributed by atoms with E-state index >= 15 is 0 Å². The summed E-state index contributed by atoms with van der Waals surface area (Å²) in [6.07, 6.45) is 6.92. The van der Waals surface area contributed by atoms with E-state index in [4.69, 9.17) is 0 Å². The molecule has 0 amide bonds. The normalized spacial score (nSPS) is 23.1. The predicted octanol–water partition coefficient (Wildman–Crippen LogP) is 1.72. The van der Waals surface area contributed by atoms with Crippen molar-refractivity contribution in [1.29, 1.82) is 0 Å². The van der Waals surface area contributed by atoms with E-state index < -0.39 is 10.0 Å². The van der Waals surface area contributed by atoms with Crippen molar-refractivity contribution < 1.29 is 8.42 Å². The molecule has 0 bridgehead atoms. The number of piperidine rings is 1. The molecule has 2 aliphatic rings. The molecule has 1 spiro atoms. The summed E-state index contributed by atoms with van der Waals surface area (Å²) in [5, 5.41) is 0. The van der Waals surface area contributed by atoms with E-state index in [0.717, 1.165) is 32.5 Å². The Balaban J connectivity index is 1.57. The summed E-state index contributed by atoms with van der Waals surface area (Å²) in [5.41, 5.74) is 1.58. The zero-order valence-electron chi connectivity index (χ0n) is 13.2. The van der Waals surface area contributed by atoms with Crippen molar-refractivity contribution in [3.05, 3.63) is 30.1 Å². The van der Waals surface area contributed by atoms with Gasteiger partial charge in [-0.3, -0.25) is 9.88 Å². The highest BCUT2D eigenvalue weighted by atomic mass is 32.2. The first-order valence-electron chi connectivity index (χ1n) is 8.12.